The highest BCUT2D eigenvalue weighted by Crippen LogP contribution is 2.06. The van der Waals surface area contributed by atoms with E-state index in [0.717, 1.165) is 4.68 Å². The van der Waals surface area contributed by atoms with E-state index in [1.165, 1.54) is 19.2 Å². The Balaban J connectivity index is 2.61. The maximum absolute atomic E-state index is 11.8. The number of carbonyl (C=O) groups excluding carboxylic acids is 1. The van der Waals surface area contributed by atoms with Gasteiger partial charge in [0.1, 0.15) is 5.69 Å². The summed E-state index contributed by atoms with van der Waals surface area (Å²) in [5, 5.41) is 15.1. The summed E-state index contributed by atoms with van der Waals surface area (Å²) in [5.74, 6) is -1.42. The molecule has 0 aliphatic rings. The highest BCUT2D eigenvalue weighted by molar-refractivity contribution is 5.92. The van der Waals surface area contributed by atoms with Gasteiger partial charge >= 0.3 is 5.97 Å². The van der Waals surface area contributed by atoms with Crippen molar-refractivity contribution in [1.82, 2.24) is 15.1 Å². The van der Waals surface area contributed by atoms with E-state index in [-0.39, 0.29) is 30.1 Å². The number of carbonyl (C=O) groups is 2. The van der Waals surface area contributed by atoms with Crippen molar-refractivity contribution in [2.75, 3.05) is 6.54 Å². The minimum absolute atomic E-state index is 0.0114. The van der Waals surface area contributed by atoms with Gasteiger partial charge in [-0.05, 0) is 12.0 Å². The van der Waals surface area contributed by atoms with Gasteiger partial charge in [0.25, 0.3) is 11.5 Å². The van der Waals surface area contributed by atoms with Crippen LogP contribution in [0.2, 0.25) is 0 Å². The molecule has 1 unspecified atom stereocenters. The van der Waals surface area contributed by atoms with Gasteiger partial charge in [0, 0.05) is 26.1 Å². The summed E-state index contributed by atoms with van der Waals surface area (Å²) in [6.45, 7) is 2.14. The molecule has 1 amide bonds. The Hall–Kier alpha value is -2.18. The molecule has 0 bridgehead atoms. The lowest BCUT2D eigenvalue weighted by molar-refractivity contribution is -0.138. The zero-order valence-electron chi connectivity index (χ0n) is 10.9. The summed E-state index contributed by atoms with van der Waals surface area (Å²) in [4.78, 5) is 33.5. The number of nitrogens with one attached hydrogen (secondary N) is 1. The number of nitrogens with zero attached hydrogens (tertiary/aromatic N) is 2. The smallest absolute Gasteiger partial charge is 0.303 e. The molecule has 0 aliphatic heterocycles. The molecule has 7 nitrogen and oxygen atoms in total. The first kappa shape index (κ1) is 14.9. The van der Waals surface area contributed by atoms with Gasteiger partial charge < -0.3 is 10.4 Å². The van der Waals surface area contributed by atoms with E-state index in [1.54, 1.807) is 0 Å². The number of carboxylic acid groups (broad SMARTS) is 1. The summed E-state index contributed by atoms with van der Waals surface area (Å²) in [6, 6.07) is 2.60. The highest BCUT2D eigenvalue weighted by atomic mass is 16.4. The van der Waals surface area contributed by atoms with Crippen LogP contribution in [-0.2, 0) is 11.8 Å². The Kier molecular flexibility index (Phi) is 5.23. The number of hydrogen-bond acceptors (Lipinski definition) is 4. The molecule has 2 N–H and O–H groups in total. The van der Waals surface area contributed by atoms with Gasteiger partial charge in [-0.25, -0.2) is 4.68 Å². The zero-order chi connectivity index (χ0) is 14.4. The van der Waals surface area contributed by atoms with Crippen LogP contribution in [-0.4, -0.2) is 33.3 Å². The van der Waals surface area contributed by atoms with Gasteiger partial charge in [-0.15, -0.1) is 0 Å². The quantitative estimate of drug-likeness (QED) is 0.756. The van der Waals surface area contributed by atoms with E-state index in [9.17, 15) is 14.4 Å². The number of aryl methyl sites for hydroxylation is 1. The molecule has 1 aromatic rings. The molecule has 1 rings (SSSR count). The van der Waals surface area contributed by atoms with E-state index in [2.05, 4.69) is 10.4 Å². The first-order chi connectivity index (χ1) is 8.93. The third-order valence-electron chi connectivity index (χ3n) is 2.79. The second-order valence-corrected chi connectivity index (χ2v) is 4.26. The largest absolute Gasteiger partial charge is 0.481 e. The summed E-state index contributed by atoms with van der Waals surface area (Å²) in [6.07, 6.45) is 0.671. The van der Waals surface area contributed by atoms with Crippen LogP contribution in [0.1, 0.15) is 30.3 Å². The third kappa shape index (κ3) is 4.53. The van der Waals surface area contributed by atoms with Gasteiger partial charge in [-0.2, -0.15) is 5.10 Å². The zero-order valence-corrected chi connectivity index (χ0v) is 10.9. The monoisotopic (exact) mass is 267 g/mol. The van der Waals surface area contributed by atoms with Crippen LogP contribution < -0.4 is 10.9 Å². The van der Waals surface area contributed by atoms with Crippen molar-refractivity contribution in [2.45, 2.75) is 19.8 Å². The molecule has 0 spiro atoms. The van der Waals surface area contributed by atoms with Crippen molar-refractivity contribution in [2.24, 2.45) is 13.0 Å². The fourth-order valence-corrected chi connectivity index (χ4v) is 1.56. The lowest BCUT2D eigenvalue weighted by Gasteiger charge is -2.13. The Morgan fingerprint density at radius 3 is 2.68 bits per heavy atom. The molecule has 1 aromatic heterocycles. The van der Waals surface area contributed by atoms with Gasteiger partial charge in [-0.3, -0.25) is 14.4 Å². The van der Waals surface area contributed by atoms with Crippen LogP contribution >= 0.6 is 0 Å². The number of aliphatic carboxylic acids is 1. The third-order valence-corrected chi connectivity index (χ3v) is 2.79. The summed E-state index contributed by atoms with van der Waals surface area (Å²) >= 11 is 0. The lowest BCUT2D eigenvalue weighted by atomic mass is 10.0. The molecule has 1 heterocycles. The number of hydrogen-bond donors (Lipinski definition) is 2. The molecular formula is C12H17N3O4. The van der Waals surface area contributed by atoms with E-state index in [4.69, 9.17) is 5.11 Å². The van der Waals surface area contributed by atoms with Gasteiger partial charge in [0.05, 0.1) is 0 Å². The second kappa shape index (κ2) is 6.67. The van der Waals surface area contributed by atoms with E-state index in [0.29, 0.717) is 6.42 Å². The summed E-state index contributed by atoms with van der Waals surface area (Å²) in [5.41, 5.74) is -0.166. The average molecular weight is 267 g/mol. The van der Waals surface area contributed by atoms with Crippen LogP contribution in [0.4, 0.5) is 0 Å². The predicted octanol–water partition coefficient (Wildman–Crippen LogP) is 0.0110. The van der Waals surface area contributed by atoms with Crippen molar-refractivity contribution in [3.8, 4) is 0 Å². The molecule has 19 heavy (non-hydrogen) atoms. The molecule has 7 heteroatoms. The molecule has 0 aromatic carbocycles. The number of carboxylic acids is 1. The van der Waals surface area contributed by atoms with Gasteiger partial charge in [-0.1, -0.05) is 13.3 Å². The molecule has 0 aliphatic carbocycles. The van der Waals surface area contributed by atoms with Crippen molar-refractivity contribution < 1.29 is 14.7 Å². The second-order valence-electron chi connectivity index (χ2n) is 4.26. The predicted molar refractivity (Wildman–Crippen MR) is 67.8 cm³/mol. The molecule has 0 radical (unpaired) electrons. The Labute approximate surface area is 110 Å². The number of amides is 1. The van der Waals surface area contributed by atoms with Crippen molar-refractivity contribution in [3.63, 3.8) is 0 Å². The topological polar surface area (TPSA) is 101 Å². The summed E-state index contributed by atoms with van der Waals surface area (Å²) < 4.78 is 1.07. The molecule has 104 valence electrons. The van der Waals surface area contributed by atoms with Gasteiger partial charge in [0.15, 0.2) is 0 Å². The molecule has 0 fully saturated rings. The highest BCUT2D eigenvalue weighted by Gasteiger charge is 2.14. The van der Waals surface area contributed by atoms with Crippen LogP contribution in [0.15, 0.2) is 16.9 Å². The van der Waals surface area contributed by atoms with E-state index >= 15 is 0 Å². The van der Waals surface area contributed by atoms with Crippen LogP contribution in [0.3, 0.4) is 0 Å². The first-order valence-corrected chi connectivity index (χ1v) is 5.98. The van der Waals surface area contributed by atoms with Crippen LogP contribution in [0.25, 0.3) is 0 Å². The molecule has 1 atom stereocenters. The fraction of sp³-hybridized carbons (Fsp3) is 0.500. The maximum atomic E-state index is 11.8. The fourth-order valence-electron chi connectivity index (χ4n) is 1.56. The van der Waals surface area contributed by atoms with E-state index < -0.39 is 11.9 Å². The Morgan fingerprint density at radius 2 is 2.16 bits per heavy atom. The average Bonchev–Trinajstić information content (AvgIpc) is 2.36. The maximum Gasteiger partial charge on any atom is 0.303 e. The Morgan fingerprint density at radius 1 is 1.47 bits per heavy atom. The van der Waals surface area contributed by atoms with Crippen molar-refractivity contribution in [3.05, 3.63) is 28.2 Å². The lowest BCUT2D eigenvalue weighted by Crippen LogP contribution is -2.32. The van der Waals surface area contributed by atoms with E-state index in [1.807, 2.05) is 6.92 Å². The Bertz CT molecular complexity index is 524. The minimum atomic E-state index is -0.888. The van der Waals surface area contributed by atoms with Crippen LogP contribution in [0, 0.1) is 5.92 Å². The van der Waals surface area contributed by atoms with Gasteiger partial charge in [0.2, 0.25) is 0 Å². The SMILES string of the molecule is CCC(CNC(=O)c1ccc(=O)n(C)n1)CC(=O)O. The first-order valence-electron chi connectivity index (χ1n) is 5.98. The normalized spacial score (nSPS) is 11.9. The summed E-state index contributed by atoms with van der Waals surface area (Å²) in [7, 11) is 1.46. The van der Waals surface area contributed by atoms with Crippen LogP contribution in [0.5, 0.6) is 0 Å². The number of aromatic nitrogens is 2. The van der Waals surface area contributed by atoms with Crippen molar-refractivity contribution in [1.29, 1.82) is 0 Å². The number of rotatable bonds is 6. The van der Waals surface area contributed by atoms with Crippen molar-refractivity contribution >= 4 is 11.9 Å². The standard InChI is InChI=1S/C12H17N3O4/c1-3-8(6-11(17)18)7-13-12(19)9-4-5-10(16)15(2)14-9/h4-5,8H,3,6-7H2,1-2H3,(H,13,19)(H,17,18). The molecule has 0 saturated heterocycles. The molecular weight excluding hydrogens is 250 g/mol. The minimum Gasteiger partial charge on any atom is -0.481 e. The molecule has 0 saturated carbocycles.